The number of amides is 1. The van der Waals surface area contributed by atoms with Crippen LogP contribution in [-0.2, 0) is 10.0 Å². The van der Waals surface area contributed by atoms with E-state index in [4.69, 9.17) is 4.74 Å². The second kappa shape index (κ2) is 7.54. The molecule has 0 saturated heterocycles. The largest absolute Gasteiger partial charge is 0.497 e. The second-order valence-electron chi connectivity index (χ2n) is 5.65. The number of anilines is 1. The van der Waals surface area contributed by atoms with Crippen LogP contribution in [0.1, 0.15) is 15.9 Å². The lowest BCUT2D eigenvalue weighted by Crippen LogP contribution is -2.36. The summed E-state index contributed by atoms with van der Waals surface area (Å²) in [6.07, 6.45) is 0. The van der Waals surface area contributed by atoms with Gasteiger partial charge < -0.3 is 4.74 Å². The van der Waals surface area contributed by atoms with Crippen molar-refractivity contribution >= 4 is 21.6 Å². The molecule has 8 heteroatoms. The Labute approximate surface area is 147 Å². The highest BCUT2D eigenvalue weighted by Gasteiger charge is 2.19. The van der Waals surface area contributed by atoms with Gasteiger partial charge in [0.2, 0.25) is 0 Å². The zero-order valence-electron chi connectivity index (χ0n) is 14.5. The zero-order chi connectivity index (χ0) is 18.6. The van der Waals surface area contributed by atoms with Crippen molar-refractivity contribution in [3.05, 3.63) is 53.6 Å². The maximum Gasteiger partial charge on any atom is 0.265 e. The molecule has 2 aromatic rings. The molecule has 7 nitrogen and oxygen atoms in total. The third-order valence-corrected chi connectivity index (χ3v) is 4.93. The third-order valence-electron chi connectivity index (χ3n) is 3.41. The number of benzene rings is 2. The molecule has 134 valence electrons. The molecule has 1 amide bonds. The molecule has 0 radical (unpaired) electrons. The summed E-state index contributed by atoms with van der Waals surface area (Å²) in [6, 6.07) is 11.1. The Morgan fingerprint density at radius 2 is 1.72 bits per heavy atom. The number of sulfonamides is 1. The molecule has 0 aliphatic rings. The van der Waals surface area contributed by atoms with Gasteiger partial charge in [-0.15, -0.1) is 0 Å². The van der Waals surface area contributed by atoms with Crippen molar-refractivity contribution in [2.24, 2.45) is 0 Å². The number of hydrogen-bond acceptors (Lipinski definition) is 5. The van der Waals surface area contributed by atoms with E-state index in [9.17, 15) is 13.2 Å². The van der Waals surface area contributed by atoms with Gasteiger partial charge in [-0.25, -0.2) is 13.4 Å². The number of ether oxygens (including phenoxy) is 1. The van der Waals surface area contributed by atoms with Crippen molar-refractivity contribution in [2.75, 3.05) is 25.9 Å². The molecule has 2 N–H and O–H groups in total. The van der Waals surface area contributed by atoms with Gasteiger partial charge >= 0.3 is 0 Å². The van der Waals surface area contributed by atoms with Gasteiger partial charge in [0, 0.05) is 25.3 Å². The van der Waals surface area contributed by atoms with Gasteiger partial charge in [-0.3, -0.25) is 14.9 Å². The highest BCUT2D eigenvalue weighted by molar-refractivity contribution is 7.92. The molecule has 25 heavy (non-hydrogen) atoms. The fraction of sp³-hybridized carbons (Fsp3) is 0.235. The fourth-order valence-corrected chi connectivity index (χ4v) is 3.50. The number of carbonyl (C=O) groups is 1. The van der Waals surface area contributed by atoms with E-state index in [0.29, 0.717) is 17.0 Å². The van der Waals surface area contributed by atoms with Gasteiger partial charge in [0.1, 0.15) is 5.75 Å². The summed E-state index contributed by atoms with van der Waals surface area (Å²) in [7, 11) is 1.05. The van der Waals surface area contributed by atoms with Crippen molar-refractivity contribution in [2.45, 2.75) is 11.8 Å². The molecule has 0 atom stereocenters. The number of methoxy groups -OCH3 is 1. The first-order valence-electron chi connectivity index (χ1n) is 7.49. The lowest BCUT2D eigenvalue weighted by Gasteiger charge is -2.14. The van der Waals surface area contributed by atoms with E-state index in [1.54, 1.807) is 57.4 Å². The molecule has 0 heterocycles. The first-order valence-corrected chi connectivity index (χ1v) is 8.97. The summed E-state index contributed by atoms with van der Waals surface area (Å²) in [5, 5.41) is 1.49. The SMILES string of the molecule is COc1ccc(NS(=O)(=O)c2cc(C(=O)NN(C)C)ccc2C)cc1. The topological polar surface area (TPSA) is 87.7 Å². The highest BCUT2D eigenvalue weighted by Crippen LogP contribution is 2.22. The molecule has 0 fully saturated rings. The molecule has 2 rings (SSSR count). The lowest BCUT2D eigenvalue weighted by atomic mass is 10.1. The molecule has 0 aliphatic carbocycles. The van der Waals surface area contributed by atoms with E-state index in [0.717, 1.165) is 0 Å². The van der Waals surface area contributed by atoms with E-state index >= 15 is 0 Å². The smallest absolute Gasteiger partial charge is 0.265 e. The average Bonchev–Trinajstić information content (AvgIpc) is 2.54. The van der Waals surface area contributed by atoms with Gasteiger partial charge in [-0.2, -0.15) is 0 Å². The van der Waals surface area contributed by atoms with E-state index in [1.807, 2.05) is 0 Å². The van der Waals surface area contributed by atoms with Crippen LogP contribution in [-0.4, -0.2) is 40.5 Å². The van der Waals surface area contributed by atoms with Gasteiger partial charge in [0.05, 0.1) is 12.0 Å². The molecule has 0 bridgehead atoms. The standard InChI is InChI=1S/C17H21N3O4S/c1-12-5-6-13(17(21)18-20(2)3)11-16(12)25(22,23)19-14-7-9-15(24-4)10-8-14/h5-11,19H,1-4H3,(H,18,21). The van der Waals surface area contributed by atoms with Crippen LogP contribution in [0.15, 0.2) is 47.4 Å². The Hall–Kier alpha value is -2.58. The van der Waals surface area contributed by atoms with Gasteiger partial charge in [0.25, 0.3) is 15.9 Å². The van der Waals surface area contributed by atoms with Crippen LogP contribution < -0.4 is 14.9 Å². The minimum Gasteiger partial charge on any atom is -0.497 e. The third kappa shape index (κ3) is 4.71. The summed E-state index contributed by atoms with van der Waals surface area (Å²) >= 11 is 0. The second-order valence-corrected chi connectivity index (χ2v) is 7.30. The number of aryl methyl sites for hydroxylation is 1. The van der Waals surface area contributed by atoms with Crippen molar-refractivity contribution in [1.29, 1.82) is 0 Å². The van der Waals surface area contributed by atoms with Crippen LogP contribution in [0.2, 0.25) is 0 Å². The molecule has 0 unspecified atom stereocenters. The van der Waals surface area contributed by atoms with E-state index in [2.05, 4.69) is 10.1 Å². The first-order chi connectivity index (χ1) is 11.7. The van der Waals surface area contributed by atoms with Gasteiger partial charge in [-0.05, 0) is 48.9 Å². The maximum absolute atomic E-state index is 12.7. The normalized spacial score (nSPS) is 11.2. The summed E-state index contributed by atoms with van der Waals surface area (Å²) in [6.45, 7) is 1.68. The Kier molecular flexibility index (Phi) is 5.66. The molecular formula is C17H21N3O4S. The van der Waals surface area contributed by atoms with Crippen LogP contribution in [0.25, 0.3) is 0 Å². The lowest BCUT2D eigenvalue weighted by molar-refractivity contribution is 0.0856. The maximum atomic E-state index is 12.7. The summed E-state index contributed by atoms with van der Waals surface area (Å²) in [4.78, 5) is 12.1. The quantitative estimate of drug-likeness (QED) is 0.767. The minimum absolute atomic E-state index is 0.0507. The summed E-state index contributed by atoms with van der Waals surface area (Å²) < 4.78 is 32.9. The molecule has 0 aliphatic heterocycles. The van der Waals surface area contributed by atoms with Crippen molar-refractivity contribution in [3.63, 3.8) is 0 Å². The zero-order valence-corrected chi connectivity index (χ0v) is 15.3. The van der Waals surface area contributed by atoms with Crippen molar-refractivity contribution in [1.82, 2.24) is 10.4 Å². The van der Waals surface area contributed by atoms with Gasteiger partial charge in [-0.1, -0.05) is 6.07 Å². The molecule has 0 saturated carbocycles. The fourth-order valence-electron chi connectivity index (χ4n) is 2.17. The van der Waals surface area contributed by atoms with E-state index in [1.165, 1.54) is 18.2 Å². The summed E-state index contributed by atoms with van der Waals surface area (Å²) in [5.74, 6) is 0.243. The van der Waals surface area contributed by atoms with Crippen molar-refractivity contribution < 1.29 is 17.9 Å². The Balaban J connectivity index is 2.32. The Morgan fingerprint density at radius 1 is 1.08 bits per heavy atom. The molecule has 0 spiro atoms. The van der Waals surface area contributed by atoms with E-state index < -0.39 is 10.0 Å². The van der Waals surface area contributed by atoms with E-state index in [-0.39, 0.29) is 16.4 Å². The number of carbonyl (C=O) groups excluding carboxylic acids is 1. The monoisotopic (exact) mass is 363 g/mol. The first kappa shape index (κ1) is 18.8. The number of nitrogens with one attached hydrogen (secondary N) is 2. The summed E-state index contributed by atoms with van der Waals surface area (Å²) in [5.41, 5.74) is 3.79. The number of hydrogen-bond donors (Lipinski definition) is 2. The van der Waals surface area contributed by atoms with Crippen LogP contribution in [0.3, 0.4) is 0 Å². The number of hydrazine groups is 1. The van der Waals surface area contributed by atoms with Crippen LogP contribution in [0.4, 0.5) is 5.69 Å². The van der Waals surface area contributed by atoms with Crippen LogP contribution in [0.5, 0.6) is 5.75 Å². The molecular weight excluding hydrogens is 342 g/mol. The number of nitrogens with zero attached hydrogens (tertiary/aromatic N) is 1. The predicted octanol–water partition coefficient (Wildman–Crippen LogP) is 2.01. The van der Waals surface area contributed by atoms with Crippen LogP contribution >= 0.6 is 0 Å². The highest BCUT2D eigenvalue weighted by atomic mass is 32.2. The Morgan fingerprint density at radius 3 is 2.28 bits per heavy atom. The predicted molar refractivity (Wildman–Crippen MR) is 96.1 cm³/mol. The van der Waals surface area contributed by atoms with Crippen LogP contribution in [0, 0.1) is 6.92 Å². The number of rotatable bonds is 6. The molecule has 0 aromatic heterocycles. The molecule has 2 aromatic carbocycles. The minimum atomic E-state index is -3.83. The average molecular weight is 363 g/mol. The van der Waals surface area contributed by atoms with Gasteiger partial charge in [0.15, 0.2) is 0 Å². The Bertz CT molecular complexity index is 862. The van der Waals surface area contributed by atoms with Crippen molar-refractivity contribution in [3.8, 4) is 5.75 Å².